The normalized spacial score (nSPS) is 18.7. The highest BCUT2D eigenvalue weighted by Gasteiger charge is 2.30. The van der Waals surface area contributed by atoms with Crippen molar-refractivity contribution in [2.75, 3.05) is 0 Å². The Hall–Kier alpha value is -1.91. The molecule has 1 aliphatic rings. The van der Waals surface area contributed by atoms with Crippen molar-refractivity contribution >= 4 is 0 Å². The molecule has 2 unspecified atom stereocenters. The van der Waals surface area contributed by atoms with Crippen molar-refractivity contribution < 1.29 is 4.74 Å². The zero-order chi connectivity index (χ0) is 13.2. The lowest BCUT2D eigenvalue weighted by atomic mass is 9.99. The van der Waals surface area contributed by atoms with E-state index >= 15 is 0 Å². The fraction of sp³-hybridized carbons (Fsp3) is 0.267. The maximum Gasteiger partial charge on any atom is 0.124 e. The van der Waals surface area contributed by atoms with Gasteiger partial charge in [0.05, 0.1) is 6.04 Å². The van der Waals surface area contributed by atoms with Gasteiger partial charge in [0.1, 0.15) is 11.9 Å². The summed E-state index contributed by atoms with van der Waals surface area (Å²) in [5, 5.41) is 0. The van der Waals surface area contributed by atoms with Gasteiger partial charge in [-0.25, -0.2) is 5.43 Å². The fourth-order valence-corrected chi connectivity index (χ4v) is 2.56. The molecule has 1 aromatic heterocycles. The van der Waals surface area contributed by atoms with Crippen LogP contribution >= 0.6 is 0 Å². The van der Waals surface area contributed by atoms with E-state index < -0.39 is 0 Å². The van der Waals surface area contributed by atoms with Crippen molar-refractivity contribution in [2.24, 2.45) is 5.84 Å². The Balaban J connectivity index is 1.86. The van der Waals surface area contributed by atoms with E-state index in [9.17, 15) is 0 Å². The molecule has 3 rings (SSSR count). The number of aromatic nitrogens is 1. The second-order valence-electron chi connectivity index (χ2n) is 4.91. The van der Waals surface area contributed by atoms with Gasteiger partial charge in [0, 0.05) is 18.8 Å². The van der Waals surface area contributed by atoms with Crippen LogP contribution in [0.1, 0.15) is 22.7 Å². The van der Waals surface area contributed by atoms with Gasteiger partial charge in [0.15, 0.2) is 0 Å². The van der Waals surface area contributed by atoms with Crippen LogP contribution in [0.5, 0.6) is 5.75 Å². The zero-order valence-electron chi connectivity index (χ0n) is 10.8. The SMILES string of the molecule is Cc1cncc(C(NN)C2Cc3ccccc3O2)c1. The topological polar surface area (TPSA) is 60.2 Å². The van der Waals surface area contributed by atoms with E-state index in [2.05, 4.69) is 22.5 Å². The number of rotatable bonds is 3. The standard InChI is InChI=1S/C15H17N3O/c1-10-6-12(9-17-8-10)15(18-16)14-7-11-4-2-3-5-13(11)19-14/h2-6,8-9,14-15,18H,7,16H2,1H3. The minimum absolute atomic E-state index is 0.00556. The van der Waals surface area contributed by atoms with Crippen LogP contribution in [0.15, 0.2) is 42.7 Å². The summed E-state index contributed by atoms with van der Waals surface area (Å²) >= 11 is 0. The van der Waals surface area contributed by atoms with Crippen molar-refractivity contribution in [1.82, 2.24) is 10.4 Å². The Labute approximate surface area is 112 Å². The van der Waals surface area contributed by atoms with Crippen molar-refractivity contribution in [2.45, 2.75) is 25.5 Å². The molecule has 1 aromatic carbocycles. The van der Waals surface area contributed by atoms with Gasteiger partial charge in [-0.1, -0.05) is 24.3 Å². The highest BCUT2D eigenvalue weighted by atomic mass is 16.5. The number of hydrazine groups is 1. The molecule has 0 radical (unpaired) electrons. The molecule has 98 valence electrons. The Morgan fingerprint density at radius 2 is 2.21 bits per heavy atom. The van der Waals surface area contributed by atoms with Crippen LogP contribution in [-0.4, -0.2) is 11.1 Å². The molecular weight excluding hydrogens is 238 g/mol. The highest BCUT2D eigenvalue weighted by molar-refractivity contribution is 5.38. The Bertz CT molecular complexity index is 560. The first-order valence-electron chi connectivity index (χ1n) is 6.40. The number of fused-ring (bicyclic) bond motifs is 1. The van der Waals surface area contributed by atoms with Gasteiger partial charge in [-0.15, -0.1) is 0 Å². The van der Waals surface area contributed by atoms with Crippen molar-refractivity contribution in [3.63, 3.8) is 0 Å². The smallest absolute Gasteiger partial charge is 0.124 e. The summed E-state index contributed by atoms with van der Waals surface area (Å²) in [5.74, 6) is 6.66. The zero-order valence-corrected chi connectivity index (χ0v) is 10.8. The average molecular weight is 255 g/mol. The lowest BCUT2D eigenvalue weighted by Crippen LogP contribution is -2.39. The quantitative estimate of drug-likeness (QED) is 0.649. The van der Waals surface area contributed by atoms with Gasteiger partial charge in [0.2, 0.25) is 0 Å². The lowest BCUT2D eigenvalue weighted by molar-refractivity contribution is 0.179. The summed E-state index contributed by atoms with van der Waals surface area (Å²) in [6.45, 7) is 2.02. The summed E-state index contributed by atoms with van der Waals surface area (Å²) in [6, 6.07) is 10.1. The number of para-hydroxylation sites is 1. The summed E-state index contributed by atoms with van der Waals surface area (Å²) in [5.41, 5.74) is 6.26. The number of ether oxygens (including phenoxy) is 1. The van der Waals surface area contributed by atoms with Crippen LogP contribution in [0.25, 0.3) is 0 Å². The summed E-state index contributed by atoms with van der Waals surface area (Å²) < 4.78 is 5.98. The number of nitrogens with zero attached hydrogens (tertiary/aromatic N) is 1. The second kappa shape index (κ2) is 4.99. The van der Waals surface area contributed by atoms with Crippen molar-refractivity contribution in [3.8, 4) is 5.75 Å². The summed E-state index contributed by atoms with van der Waals surface area (Å²) in [7, 11) is 0. The number of nitrogens with one attached hydrogen (secondary N) is 1. The minimum atomic E-state index is -0.0557. The Morgan fingerprint density at radius 1 is 1.37 bits per heavy atom. The van der Waals surface area contributed by atoms with Gasteiger partial charge in [-0.3, -0.25) is 10.8 Å². The fourth-order valence-electron chi connectivity index (χ4n) is 2.56. The number of hydrogen-bond acceptors (Lipinski definition) is 4. The van der Waals surface area contributed by atoms with E-state index in [1.54, 1.807) is 0 Å². The van der Waals surface area contributed by atoms with E-state index in [0.29, 0.717) is 0 Å². The molecule has 0 spiro atoms. The molecular formula is C15H17N3O. The third-order valence-corrected chi connectivity index (χ3v) is 3.48. The molecule has 2 heterocycles. The second-order valence-corrected chi connectivity index (χ2v) is 4.91. The van der Waals surface area contributed by atoms with Gasteiger partial charge >= 0.3 is 0 Å². The first-order valence-corrected chi connectivity index (χ1v) is 6.40. The van der Waals surface area contributed by atoms with Gasteiger partial charge < -0.3 is 4.74 Å². The largest absolute Gasteiger partial charge is 0.488 e. The molecule has 19 heavy (non-hydrogen) atoms. The molecule has 0 bridgehead atoms. The van der Waals surface area contributed by atoms with E-state index in [1.165, 1.54) is 5.56 Å². The highest BCUT2D eigenvalue weighted by Crippen LogP contribution is 2.33. The minimum Gasteiger partial charge on any atom is -0.488 e. The molecule has 0 aliphatic carbocycles. The lowest BCUT2D eigenvalue weighted by Gasteiger charge is -2.22. The van der Waals surface area contributed by atoms with E-state index in [1.807, 2.05) is 37.5 Å². The Kier molecular flexibility index (Phi) is 3.19. The van der Waals surface area contributed by atoms with E-state index in [-0.39, 0.29) is 12.1 Å². The monoisotopic (exact) mass is 255 g/mol. The van der Waals surface area contributed by atoms with E-state index in [0.717, 1.165) is 23.3 Å². The third-order valence-electron chi connectivity index (χ3n) is 3.48. The molecule has 2 aromatic rings. The summed E-state index contributed by atoms with van der Waals surface area (Å²) in [6.07, 6.45) is 4.54. The molecule has 4 nitrogen and oxygen atoms in total. The van der Waals surface area contributed by atoms with Gasteiger partial charge in [-0.2, -0.15) is 0 Å². The molecule has 1 aliphatic heterocycles. The average Bonchev–Trinajstić information content (AvgIpc) is 2.83. The Morgan fingerprint density at radius 3 is 2.95 bits per heavy atom. The number of nitrogens with two attached hydrogens (primary N) is 1. The predicted octanol–water partition coefficient (Wildman–Crippen LogP) is 1.90. The molecule has 0 amide bonds. The molecule has 2 atom stereocenters. The van der Waals surface area contributed by atoms with Crippen LogP contribution in [-0.2, 0) is 6.42 Å². The number of hydrogen-bond donors (Lipinski definition) is 2. The number of pyridine rings is 1. The first kappa shape index (κ1) is 12.1. The van der Waals surface area contributed by atoms with Crippen molar-refractivity contribution in [3.05, 3.63) is 59.4 Å². The summed E-state index contributed by atoms with van der Waals surface area (Å²) in [4.78, 5) is 4.22. The molecule has 4 heteroatoms. The molecule has 0 saturated heterocycles. The predicted molar refractivity (Wildman–Crippen MR) is 73.6 cm³/mol. The number of benzene rings is 1. The first-order chi connectivity index (χ1) is 9.28. The van der Waals surface area contributed by atoms with Crippen LogP contribution in [0.4, 0.5) is 0 Å². The van der Waals surface area contributed by atoms with Crippen LogP contribution in [0.2, 0.25) is 0 Å². The maximum absolute atomic E-state index is 5.98. The van der Waals surface area contributed by atoms with Gasteiger partial charge in [-0.05, 0) is 29.7 Å². The maximum atomic E-state index is 5.98. The van der Waals surface area contributed by atoms with Crippen LogP contribution < -0.4 is 16.0 Å². The van der Waals surface area contributed by atoms with Crippen molar-refractivity contribution in [1.29, 1.82) is 0 Å². The molecule has 0 fully saturated rings. The van der Waals surface area contributed by atoms with Gasteiger partial charge in [0.25, 0.3) is 0 Å². The van der Waals surface area contributed by atoms with E-state index in [4.69, 9.17) is 10.6 Å². The molecule has 3 N–H and O–H groups in total. The number of aryl methyl sites for hydroxylation is 1. The molecule has 0 saturated carbocycles. The van der Waals surface area contributed by atoms with Crippen LogP contribution in [0, 0.1) is 6.92 Å². The third kappa shape index (κ3) is 2.32. The van der Waals surface area contributed by atoms with Crippen LogP contribution in [0.3, 0.4) is 0 Å².